The molecule has 33 heavy (non-hydrogen) atoms. The minimum Gasteiger partial charge on any atom is -0.467 e. The third-order valence-electron chi connectivity index (χ3n) is 6.71. The number of anilines is 1. The van der Waals surface area contributed by atoms with Crippen LogP contribution in [0.15, 0.2) is 18.5 Å². The number of carbonyl (C=O) groups is 3. The number of nitrogens with one attached hydrogen (secondary N) is 1. The van der Waals surface area contributed by atoms with Crippen LogP contribution < -0.4 is 5.32 Å². The molecule has 9 nitrogen and oxygen atoms in total. The summed E-state index contributed by atoms with van der Waals surface area (Å²) in [4.78, 5) is 44.9. The highest BCUT2D eigenvalue weighted by atomic mass is 16.5. The number of aromatic nitrogens is 2. The Bertz CT molecular complexity index is 1030. The number of nitrogens with zero attached hydrogens (tertiary/aromatic N) is 3. The maximum absolute atomic E-state index is 13.7. The third kappa shape index (κ3) is 4.88. The van der Waals surface area contributed by atoms with Crippen LogP contribution in [0, 0.1) is 5.92 Å². The van der Waals surface area contributed by atoms with Gasteiger partial charge in [-0.15, -0.1) is 0 Å². The van der Waals surface area contributed by atoms with Gasteiger partial charge in [0.1, 0.15) is 6.04 Å². The molecule has 0 bridgehead atoms. The van der Waals surface area contributed by atoms with Crippen molar-refractivity contribution >= 4 is 34.5 Å². The van der Waals surface area contributed by atoms with Crippen molar-refractivity contribution in [3.05, 3.63) is 24.0 Å². The molecule has 1 saturated carbocycles. The number of likely N-dealkylation sites (tertiary alicyclic amines) is 1. The van der Waals surface area contributed by atoms with Crippen molar-refractivity contribution in [1.29, 1.82) is 0 Å². The van der Waals surface area contributed by atoms with Crippen LogP contribution in [0.3, 0.4) is 0 Å². The van der Waals surface area contributed by atoms with Crippen LogP contribution in [0.2, 0.25) is 0 Å². The number of hydrogen-bond acceptors (Lipinski definition) is 6. The summed E-state index contributed by atoms with van der Waals surface area (Å²) >= 11 is 0. The van der Waals surface area contributed by atoms with E-state index in [0.29, 0.717) is 48.4 Å². The lowest BCUT2D eigenvalue weighted by atomic mass is 9.88. The molecule has 2 amide bonds. The Morgan fingerprint density at radius 2 is 1.88 bits per heavy atom. The second-order valence-electron chi connectivity index (χ2n) is 8.83. The molecule has 1 aliphatic heterocycles. The van der Waals surface area contributed by atoms with Gasteiger partial charge in [-0.2, -0.15) is 0 Å². The second kappa shape index (κ2) is 10.3. The molecular formula is C24H32N4O5. The molecule has 4 rings (SSSR count). The van der Waals surface area contributed by atoms with Crippen molar-refractivity contribution < 1.29 is 23.9 Å². The van der Waals surface area contributed by atoms with Gasteiger partial charge in [-0.05, 0) is 37.8 Å². The summed E-state index contributed by atoms with van der Waals surface area (Å²) < 4.78 is 12.0. The highest BCUT2D eigenvalue weighted by Crippen LogP contribution is 2.30. The van der Waals surface area contributed by atoms with E-state index in [9.17, 15) is 14.4 Å². The predicted octanol–water partition coefficient (Wildman–Crippen LogP) is 2.98. The fourth-order valence-electron chi connectivity index (χ4n) is 4.96. The SMILES string of the molecule is COCCn1cnc2cc(NC(=O)C3CCCCC3)cc(C(=O)N3CCC[C@H]3C(=O)OC)c21. The van der Waals surface area contributed by atoms with Crippen molar-refractivity contribution in [2.75, 3.05) is 32.7 Å². The lowest BCUT2D eigenvalue weighted by Crippen LogP contribution is -2.41. The van der Waals surface area contributed by atoms with Crippen LogP contribution in [0.5, 0.6) is 0 Å². The summed E-state index contributed by atoms with van der Waals surface area (Å²) in [6, 6.07) is 2.91. The summed E-state index contributed by atoms with van der Waals surface area (Å²) in [5, 5.41) is 3.01. The Hall–Kier alpha value is -2.94. The molecule has 1 aromatic heterocycles. The average Bonchev–Trinajstić information content (AvgIpc) is 3.49. The van der Waals surface area contributed by atoms with Crippen LogP contribution in [-0.2, 0) is 25.6 Å². The highest BCUT2D eigenvalue weighted by Gasteiger charge is 2.36. The van der Waals surface area contributed by atoms with E-state index in [1.165, 1.54) is 13.5 Å². The van der Waals surface area contributed by atoms with Crippen LogP contribution in [0.4, 0.5) is 5.69 Å². The molecule has 2 aliphatic rings. The van der Waals surface area contributed by atoms with Gasteiger partial charge >= 0.3 is 5.97 Å². The summed E-state index contributed by atoms with van der Waals surface area (Å²) in [6.45, 7) is 1.47. The number of hydrogen-bond donors (Lipinski definition) is 1. The van der Waals surface area contributed by atoms with E-state index in [-0.39, 0.29) is 17.7 Å². The van der Waals surface area contributed by atoms with Gasteiger partial charge in [-0.1, -0.05) is 19.3 Å². The van der Waals surface area contributed by atoms with E-state index in [0.717, 1.165) is 32.1 Å². The Morgan fingerprint density at radius 3 is 2.61 bits per heavy atom. The van der Waals surface area contributed by atoms with E-state index in [2.05, 4.69) is 10.3 Å². The number of rotatable bonds is 7. The molecule has 1 atom stereocenters. The van der Waals surface area contributed by atoms with Crippen molar-refractivity contribution in [2.45, 2.75) is 57.5 Å². The fraction of sp³-hybridized carbons (Fsp3) is 0.583. The minimum absolute atomic E-state index is 0.00449. The van der Waals surface area contributed by atoms with Crippen LogP contribution in [0.1, 0.15) is 55.3 Å². The first-order valence-corrected chi connectivity index (χ1v) is 11.7. The molecule has 2 fully saturated rings. The minimum atomic E-state index is -0.603. The zero-order valence-electron chi connectivity index (χ0n) is 19.3. The van der Waals surface area contributed by atoms with E-state index in [1.54, 1.807) is 30.5 Å². The molecule has 0 radical (unpaired) electrons. The smallest absolute Gasteiger partial charge is 0.328 e. The van der Waals surface area contributed by atoms with Crippen molar-refractivity contribution in [3.8, 4) is 0 Å². The first-order chi connectivity index (χ1) is 16.0. The summed E-state index contributed by atoms with van der Waals surface area (Å²) in [6.07, 6.45) is 8.06. The summed E-state index contributed by atoms with van der Waals surface area (Å²) in [5.41, 5.74) is 2.25. The van der Waals surface area contributed by atoms with Crippen LogP contribution >= 0.6 is 0 Å². The van der Waals surface area contributed by atoms with E-state index in [4.69, 9.17) is 9.47 Å². The number of esters is 1. The van der Waals surface area contributed by atoms with Gasteiger partial charge in [0.25, 0.3) is 5.91 Å². The Kier molecular flexibility index (Phi) is 7.27. The largest absolute Gasteiger partial charge is 0.467 e. The highest BCUT2D eigenvalue weighted by molar-refractivity contribution is 6.08. The lowest BCUT2D eigenvalue weighted by molar-refractivity contribution is -0.145. The molecule has 1 aliphatic carbocycles. The first-order valence-electron chi connectivity index (χ1n) is 11.7. The van der Waals surface area contributed by atoms with Crippen molar-refractivity contribution in [3.63, 3.8) is 0 Å². The Balaban J connectivity index is 1.69. The number of benzene rings is 1. The number of amides is 2. The predicted molar refractivity (Wildman–Crippen MR) is 123 cm³/mol. The number of carbonyl (C=O) groups excluding carboxylic acids is 3. The van der Waals surface area contributed by atoms with Gasteiger partial charge in [0.2, 0.25) is 5.91 Å². The van der Waals surface area contributed by atoms with Crippen molar-refractivity contribution in [1.82, 2.24) is 14.5 Å². The van der Waals surface area contributed by atoms with Gasteiger partial charge in [0.05, 0.1) is 36.6 Å². The van der Waals surface area contributed by atoms with Crippen LogP contribution in [-0.4, -0.2) is 65.6 Å². The first kappa shape index (κ1) is 23.2. The molecule has 1 saturated heterocycles. The molecule has 0 spiro atoms. The van der Waals surface area contributed by atoms with Crippen molar-refractivity contribution in [2.24, 2.45) is 5.92 Å². The van der Waals surface area contributed by atoms with Gasteiger partial charge in [-0.3, -0.25) is 9.59 Å². The summed E-state index contributed by atoms with van der Waals surface area (Å²) in [7, 11) is 2.96. The molecular weight excluding hydrogens is 424 g/mol. The van der Waals surface area contributed by atoms with E-state index < -0.39 is 12.0 Å². The standard InChI is InChI=1S/C24H32N4O5/c1-32-12-11-27-15-25-19-14-17(26-22(29)16-7-4-3-5-8-16)13-18(21(19)27)23(30)28-10-6-9-20(28)24(31)33-2/h13-16,20H,3-12H2,1-2H3,(H,26,29)/t20-/m0/s1. The maximum atomic E-state index is 13.7. The average molecular weight is 457 g/mol. The zero-order chi connectivity index (χ0) is 23.4. The van der Waals surface area contributed by atoms with Gasteiger partial charge in [0, 0.05) is 31.8 Å². The number of imidazole rings is 1. The molecule has 1 N–H and O–H groups in total. The molecule has 2 aromatic rings. The van der Waals surface area contributed by atoms with Crippen LogP contribution in [0.25, 0.3) is 11.0 Å². The normalized spacial score (nSPS) is 19.1. The Morgan fingerprint density at radius 1 is 1.09 bits per heavy atom. The quantitative estimate of drug-likeness (QED) is 0.643. The van der Waals surface area contributed by atoms with E-state index in [1.807, 2.05) is 4.57 Å². The van der Waals surface area contributed by atoms with Gasteiger partial charge < -0.3 is 24.3 Å². The van der Waals surface area contributed by atoms with Gasteiger partial charge in [0.15, 0.2) is 0 Å². The van der Waals surface area contributed by atoms with Gasteiger partial charge in [-0.25, -0.2) is 9.78 Å². The topological polar surface area (TPSA) is 103 Å². The lowest BCUT2D eigenvalue weighted by Gasteiger charge is -2.24. The molecule has 2 heterocycles. The third-order valence-corrected chi connectivity index (χ3v) is 6.71. The molecule has 9 heteroatoms. The fourth-order valence-corrected chi connectivity index (χ4v) is 4.96. The molecule has 1 aromatic carbocycles. The molecule has 0 unspecified atom stereocenters. The monoisotopic (exact) mass is 456 g/mol. The number of methoxy groups -OCH3 is 2. The number of fused-ring (bicyclic) bond motifs is 1. The second-order valence-corrected chi connectivity index (χ2v) is 8.83. The number of ether oxygens (including phenoxy) is 2. The molecule has 178 valence electrons. The summed E-state index contributed by atoms with van der Waals surface area (Å²) in [5.74, 6) is -0.692. The maximum Gasteiger partial charge on any atom is 0.328 e. The zero-order valence-corrected chi connectivity index (χ0v) is 19.3. The Labute approximate surface area is 193 Å². The van der Waals surface area contributed by atoms with E-state index >= 15 is 0 Å².